The van der Waals surface area contributed by atoms with Gasteiger partial charge in [0.2, 0.25) is 0 Å². The molecule has 0 heterocycles. The van der Waals surface area contributed by atoms with Crippen molar-refractivity contribution in [3.63, 3.8) is 0 Å². The fraction of sp³-hybridized carbons (Fsp3) is 0.333. The van der Waals surface area contributed by atoms with E-state index in [0.29, 0.717) is 17.7 Å². The van der Waals surface area contributed by atoms with Crippen LogP contribution in [0.15, 0.2) is 30.3 Å². The van der Waals surface area contributed by atoms with Crippen LogP contribution in [0, 0.1) is 32.4 Å². The summed E-state index contributed by atoms with van der Waals surface area (Å²) >= 11 is 0. The van der Waals surface area contributed by atoms with Gasteiger partial charge in [0.1, 0.15) is 0 Å². The number of halogens is 2. The summed E-state index contributed by atoms with van der Waals surface area (Å²) in [7, 11) is 0. The molecule has 2 rings (SSSR count). The standard InChI is InChI=1S/C18H21F2N/c1-5-21-18(14-9-11(2)8-12(3)10-14)15-7-6-13(4)16(19)17(15)20/h6-10,18,21H,5H2,1-4H3. The van der Waals surface area contributed by atoms with Crippen LogP contribution in [-0.4, -0.2) is 6.54 Å². The van der Waals surface area contributed by atoms with Crippen LogP contribution in [0.4, 0.5) is 8.78 Å². The van der Waals surface area contributed by atoms with Gasteiger partial charge >= 0.3 is 0 Å². The van der Waals surface area contributed by atoms with Gasteiger partial charge in [0.15, 0.2) is 11.6 Å². The van der Waals surface area contributed by atoms with Crippen molar-refractivity contribution in [2.75, 3.05) is 6.54 Å². The van der Waals surface area contributed by atoms with Gasteiger partial charge in [-0.15, -0.1) is 0 Å². The third-order valence-corrected chi connectivity index (χ3v) is 3.60. The van der Waals surface area contributed by atoms with E-state index in [-0.39, 0.29) is 6.04 Å². The Labute approximate surface area is 125 Å². The van der Waals surface area contributed by atoms with Crippen LogP contribution in [0.1, 0.15) is 40.8 Å². The molecule has 0 aromatic heterocycles. The van der Waals surface area contributed by atoms with Crippen LogP contribution >= 0.6 is 0 Å². The van der Waals surface area contributed by atoms with Crippen molar-refractivity contribution >= 4 is 0 Å². The SMILES string of the molecule is CCNC(c1cc(C)cc(C)c1)c1ccc(C)c(F)c1F. The molecular formula is C18H21F2N. The quantitative estimate of drug-likeness (QED) is 0.868. The summed E-state index contributed by atoms with van der Waals surface area (Å²) < 4.78 is 28.2. The molecule has 3 heteroatoms. The van der Waals surface area contributed by atoms with E-state index in [9.17, 15) is 8.78 Å². The maximum Gasteiger partial charge on any atom is 0.164 e. The van der Waals surface area contributed by atoms with Gasteiger partial charge in [0.25, 0.3) is 0 Å². The summed E-state index contributed by atoms with van der Waals surface area (Å²) in [6.45, 7) is 8.21. The lowest BCUT2D eigenvalue weighted by Crippen LogP contribution is -2.23. The molecular weight excluding hydrogens is 268 g/mol. The number of hydrogen-bond acceptors (Lipinski definition) is 1. The van der Waals surface area contributed by atoms with E-state index in [1.807, 2.05) is 32.9 Å². The van der Waals surface area contributed by atoms with E-state index < -0.39 is 11.6 Å². The maximum atomic E-state index is 14.3. The van der Waals surface area contributed by atoms with Gasteiger partial charge in [-0.2, -0.15) is 0 Å². The Kier molecular flexibility index (Phi) is 4.73. The molecule has 0 bridgehead atoms. The maximum absolute atomic E-state index is 14.3. The Morgan fingerprint density at radius 3 is 2.14 bits per heavy atom. The van der Waals surface area contributed by atoms with Crippen LogP contribution in [0.5, 0.6) is 0 Å². The Morgan fingerprint density at radius 1 is 0.952 bits per heavy atom. The van der Waals surface area contributed by atoms with Gasteiger partial charge in [-0.3, -0.25) is 0 Å². The topological polar surface area (TPSA) is 12.0 Å². The van der Waals surface area contributed by atoms with E-state index in [0.717, 1.165) is 16.7 Å². The van der Waals surface area contributed by atoms with Crippen molar-refractivity contribution < 1.29 is 8.78 Å². The molecule has 0 aliphatic rings. The summed E-state index contributed by atoms with van der Waals surface area (Å²) in [5, 5.41) is 3.25. The normalized spacial score (nSPS) is 12.5. The van der Waals surface area contributed by atoms with Gasteiger partial charge in [0, 0.05) is 5.56 Å². The molecule has 0 aliphatic heterocycles. The molecule has 0 saturated heterocycles. The molecule has 0 aliphatic carbocycles. The first kappa shape index (κ1) is 15.6. The highest BCUT2D eigenvalue weighted by Crippen LogP contribution is 2.28. The third-order valence-electron chi connectivity index (χ3n) is 3.60. The van der Waals surface area contributed by atoms with Crippen LogP contribution in [0.3, 0.4) is 0 Å². The zero-order valence-corrected chi connectivity index (χ0v) is 12.9. The van der Waals surface area contributed by atoms with Crippen molar-refractivity contribution in [3.8, 4) is 0 Å². The van der Waals surface area contributed by atoms with Crippen LogP contribution in [-0.2, 0) is 0 Å². The lowest BCUT2D eigenvalue weighted by Gasteiger charge is -2.21. The van der Waals surface area contributed by atoms with E-state index in [1.165, 1.54) is 0 Å². The number of aryl methyl sites for hydroxylation is 3. The fourth-order valence-corrected chi connectivity index (χ4v) is 2.67. The lowest BCUT2D eigenvalue weighted by molar-refractivity contribution is 0.478. The predicted molar refractivity (Wildman–Crippen MR) is 82.5 cm³/mol. The van der Waals surface area contributed by atoms with Gasteiger partial charge in [-0.1, -0.05) is 48.4 Å². The average molecular weight is 289 g/mol. The lowest BCUT2D eigenvalue weighted by atomic mass is 9.94. The molecule has 0 spiro atoms. The first-order chi connectivity index (χ1) is 9.93. The first-order valence-corrected chi connectivity index (χ1v) is 7.20. The van der Waals surface area contributed by atoms with Gasteiger partial charge in [-0.25, -0.2) is 8.78 Å². The zero-order chi connectivity index (χ0) is 15.6. The van der Waals surface area contributed by atoms with Gasteiger partial charge in [0.05, 0.1) is 6.04 Å². The summed E-state index contributed by atoms with van der Waals surface area (Å²) in [5.41, 5.74) is 3.86. The fourth-order valence-electron chi connectivity index (χ4n) is 2.67. The van der Waals surface area contributed by atoms with Crippen molar-refractivity contribution in [3.05, 3.63) is 69.8 Å². The van der Waals surface area contributed by atoms with E-state index in [2.05, 4.69) is 11.4 Å². The monoisotopic (exact) mass is 289 g/mol. The summed E-state index contributed by atoms with van der Waals surface area (Å²) in [5.74, 6) is -1.53. The largest absolute Gasteiger partial charge is 0.306 e. The van der Waals surface area contributed by atoms with Crippen molar-refractivity contribution in [1.82, 2.24) is 5.32 Å². The number of benzene rings is 2. The van der Waals surface area contributed by atoms with E-state index in [1.54, 1.807) is 19.1 Å². The molecule has 1 nitrogen and oxygen atoms in total. The minimum absolute atomic E-state index is 0.326. The Morgan fingerprint density at radius 2 is 1.57 bits per heavy atom. The Hall–Kier alpha value is -1.74. The molecule has 112 valence electrons. The summed E-state index contributed by atoms with van der Waals surface area (Å²) in [6, 6.07) is 9.04. The van der Waals surface area contributed by atoms with Crippen LogP contribution in [0.25, 0.3) is 0 Å². The molecule has 0 amide bonds. The molecule has 0 fully saturated rings. The highest BCUT2D eigenvalue weighted by Gasteiger charge is 2.20. The number of rotatable bonds is 4. The second kappa shape index (κ2) is 6.35. The van der Waals surface area contributed by atoms with E-state index >= 15 is 0 Å². The summed E-state index contributed by atoms with van der Waals surface area (Å²) in [4.78, 5) is 0. The average Bonchev–Trinajstić information content (AvgIpc) is 2.42. The highest BCUT2D eigenvalue weighted by atomic mass is 19.2. The molecule has 1 atom stereocenters. The second-order valence-corrected chi connectivity index (χ2v) is 5.51. The molecule has 1 N–H and O–H groups in total. The van der Waals surface area contributed by atoms with Crippen molar-refractivity contribution in [2.24, 2.45) is 0 Å². The number of hydrogen-bond donors (Lipinski definition) is 1. The predicted octanol–water partition coefficient (Wildman–Crippen LogP) is 4.59. The minimum Gasteiger partial charge on any atom is -0.306 e. The van der Waals surface area contributed by atoms with Gasteiger partial charge < -0.3 is 5.32 Å². The molecule has 0 saturated carbocycles. The molecule has 21 heavy (non-hydrogen) atoms. The van der Waals surface area contributed by atoms with Crippen LogP contribution < -0.4 is 5.32 Å². The van der Waals surface area contributed by atoms with Crippen molar-refractivity contribution in [2.45, 2.75) is 33.7 Å². The van der Waals surface area contributed by atoms with Crippen LogP contribution in [0.2, 0.25) is 0 Å². The second-order valence-electron chi connectivity index (χ2n) is 5.51. The first-order valence-electron chi connectivity index (χ1n) is 7.20. The van der Waals surface area contributed by atoms with Gasteiger partial charge in [-0.05, 0) is 38.4 Å². The smallest absolute Gasteiger partial charge is 0.164 e. The zero-order valence-electron chi connectivity index (χ0n) is 12.9. The number of nitrogens with one attached hydrogen (secondary N) is 1. The van der Waals surface area contributed by atoms with E-state index in [4.69, 9.17) is 0 Å². The summed E-state index contributed by atoms with van der Waals surface area (Å²) in [6.07, 6.45) is 0. The Balaban J connectivity index is 2.56. The molecule has 1 unspecified atom stereocenters. The highest BCUT2D eigenvalue weighted by molar-refractivity contribution is 5.38. The Bertz CT molecular complexity index is 630. The van der Waals surface area contributed by atoms with Crippen molar-refractivity contribution in [1.29, 1.82) is 0 Å². The minimum atomic E-state index is -0.764. The third kappa shape index (κ3) is 3.30. The molecule has 0 radical (unpaired) electrons. The molecule has 2 aromatic rings. The molecule has 2 aromatic carbocycles.